The molecule has 2 atom stereocenters. The minimum absolute atomic E-state index is 0.0249. The molecule has 3 aliphatic heterocycles. The smallest absolute Gasteiger partial charge is 0.407 e. The van der Waals surface area contributed by atoms with E-state index < -0.39 is 35.7 Å². The lowest BCUT2D eigenvalue weighted by Gasteiger charge is -2.42. The Morgan fingerprint density at radius 2 is 2.00 bits per heavy atom. The number of fused-ring (bicyclic) bond motifs is 1. The molecule has 6 rings (SSSR count). The van der Waals surface area contributed by atoms with Crippen LogP contribution < -0.4 is 16.0 Å². The Labute approximate surface area is 218 Å². The highest BCUT2D eigenvalue weighted by Crippen LogP contribution is 2.40. The SMILES string of the molecule is O=C1CCC(N2Cc3c(Cl)cc(CNC(=O)OC4CC(N5CCNC5C5CC5)C4)c(F)c3C2=O)C(=O)N1. The zero-order chi connectivity index (χ0) is 25.8. The molecule has 0 aromatic heterocycles. The van der Waals surface area contributed by atoms with E-state index in [1.54, 1.807) is 0 Å². The second kappa shape index (κ2) is 9.52. The van der Waals surface area contributed by atoms with Gasteiger partial charge in [0.1, 0.15) is 18.0 Å². The Morgan fingerprint density at radius 3 is 2.73 bits per heavy atom. The molecule has 5 aliphatic rings. The van der Waals surface area contributed by atoms with Crippen molar-refractivity contribution in [3.63, 3.8) is 0 Å². The lowest BCUT2D eigenvalue weighted by Crippen LogP contribution is -2.53. The first kappa shape index (κ1) is 24.6. The van der Waals surface area contributed by atoms with Gasteiger partial charge in [0.05, 0.1) is 11.7 Å². The monoisotopic (exact) mass is 533 g/mol. The van der Waals surface area contributed by atoms with E-state index in [1.165, 1.54) is 23.8 Å². The number of hydrogen-bond donors (Lipinski definition) is 3. The van der Waals surface area contributed by atoms with Crippen LogP contribution in [-0.2, 0) is 27.4 Å². The first-order chi connectivity index (χ1) is 17.8. The van der Waals surface area contributed by atoms with E-state index in [0.29, 0.717) is 17.8 Å². The van der Waals surface area contributed by atoms with E-state index in [1.807, 2.05) is 0 Å². The molecule has 2 aliphatic carbocycles. The summed E-state index contributed by atoms with van der Waals surface area (Å²) in [5.41, 5.74) is 0.149. The normalized spacial score (nSPS) is 29.7. The van der Waals surface area contributed by atoms with Crippen LogP contribution in [0.1, 0.15) is 60.0 Å². The first-order valence-corrected chi connectivity index (χ1v) is 13.3. The highest BCUT2D eigenvalue weighted by molar-refractivity contribution is 6.32. The topological polar surface area (TPSA) is 120 Å². The fourth-order valence-electron chi connectivity index (χ4n) is 5.96. The van der Waals surface area contributed by atoms with Crippen molar-refractivity contribution >= 4 is 35.4 Å². The number of benzene rings is 1. The number of amides is 4. The van der Waals surface area contributed by atoms with Gasteiger partial charge in [-0.3, -0.25) is 24.6 Å². The van der Waals surface area contributed by atoms with Crippen molar-refractivity contribution in [1.29, 1.82) is 0 Å². The van der Waals surface area contributed by atoms with E-state index >= 15 is 4.39 Å². The molecule has 3 heterocycles. The number of rotatable bonds is 6. The lowest BCUT2D eigenvalue weighted by atomic mass is 9.87. The molecular formula is C25H29ClFN5O5. The minimum Gasteiger partial charge on any atom is -0.446 e. The molecule has 4 fully saturated rings. The largest absolute Gasteiger partial charge is 0.446 e. The third-order valence-electron chi connectivity index (χ3n) is 8.17. The molecule has 1 aromatic carbocycles. The van der Waals surface area contributed by atoms with Gasteiger partial charge in [-0.1, -0.05) is 11.6 Å². The maximum Gasteiger partial charge on any atom is 0.407 e. The fraction of sp³-hybridized carbons (Fsp3) is 0.600. The van der Waals surface area contributed by atoms with E-state index in [9.17, 15) is 19.2 Å². The van der Waals surface area contributed by atoms with Crippen LogP contribution in [-0.4, -0.2) is 71.1 Å². The van der Waals surface area contributed by atoms with Crippen LogP contribution in [0.4, 0.5) is 9.18 Å². The van der Waals surface area contributed by atoms with Crippen molar-refractivity contribution in [3.8, 4) is 0 Å². The Kier molecular flexibility index (Phi) is 6.32. The number of carbonyl (C=O) groups excluding carboxylic acids is 4. The summed E-state index contributed by atoms with van der Waals surface area (Å²) in [4.78, 5) is 52.8. The van der Waals surface area contributed by atoms with Crippen molar-refractivity contribution in [3.05, 3.63) is 33.6 Å². The number of ether oxygens (including phenoxy) is 1. The van der Waals surface area contributed by atoms with Gasteiger partial charge in [-0.2, -0.15) is 0 Å². The Balaban J connectivity index is 1.04. The van der Waals surface area contributed by atoms with E-state index in [0.717, 1.165) is 31.8 Å². The first-order valence-electron chi connectivity index (χ1n) is 12.9. The zero-order valence-electron chi connectivity index (χ0n) is 20.2. The van der Waals surface area contributed by atoms with Crippen LogP contribution in [0.3, 0.4) is 0 Å². The van der Waals surface area contributed by atoms with Crippen LogP contribution in [0.25, 0.3) is 0 Å². The highest BCUT2D eigenvalue weighted by atomic mass is 35.5. The van der Waals surface area contributed by atoms with Gasteiger partial charge in [-0.15, -0.1) is 0 Å². The molecule has 2 saturated heterocycles. The molecule has 0 bridgehead atoms. The van der Waals surface area contributed by atoms with Crippen LogP contribution in [0.15, 0.2) is 6.07 Å². The molecule has 37 heavy (non-hydrogen) atoms. The number of hydrogen-bond acceptors (Lipinski definition) is 7. The summed E-state index contributed by atoms with van der Waals surface area (Å²) >= 11 is 6.37. The summed E-state index contributed by atoms with van der Waals surface area (Å²) in [5.74, 6) is -1.68. The molecule has 2 saturated carbocycles. The van der Waals surface area contributed by atoms with E-state index in [2.05, 4.69) is 20.9 Å². The predicted molar refractivity (Wildman–Crippen MR) is 129 cm³/mol. The van der Waals surface area contributed by atoms with Gasteiger partial charge in [0.25, 0.3) is 5.91 Å². The summed E-state index contributed by atoms with van der Waals surface area (Å²) in [7, 11) is 0. The molecule has 10 nitrogen and oxygen atoms in total. The van der Waals surface area contributed by atoms with Crippen molar-refractivity contribution in [2.24, 2.45) is 5.92 Å². The minimum atomic E-state index is -0.869. The Morgan fingerprint density at radius 1 is 1.22 bits per heavy atom. The summed E-state index contributed by atoms with van der Waals surface area (Å²) in [5, 5.41) is 8.53. The molecule has 4 amide bonds. The zero-order valence-corrected chi connectivity index (χ0v) is 21.0. The number of nitrogens with zero attached hydrogens (tertiary/aromatic N) is 2. The molecule has 0 radical (unpaired) electrons. The Bertz CT molecular complexity index is 1170. The van der Waals surface area contributed by atoms with Crippen LogP contribution in [0.5, 0.6) is 0 Å². The van der Waals surface area contributed by atoms with Crippen LogP contribution in [0.2, 0.25) is 5.02 Å². The van der Waals surface area contributed by atoms with Gasteiger partial charge in [-0.25, -0.2) is 9.18 Å². The van der Waals surface area contributed by atoms with Crippen molar-refractivity contribution in [1.82, 2.24) is 25.8 Å². The van der Waals surface area contributed by atoms with Crippen molar-refractivity contribution in [2.75, 3.05) is 13.1 Å². The average molecular weight is 534 g/mol. The molecule has 0 spiro atoms. The van der Waals surface area contributed by atoms with Crippen molar-refractivity contribution in [2.45, 2.75) is 76.0 Å². The molecule has 3 N–H and O–H groups in total. The maximum absolute atomic E-state index is 15.4. The summed E-state index contributed by atoms with van der Waals surface area (Å²) < 4.78 is 20.9. The maximum atomic E-state index is 15.4. The van der Waals surface area contributed by atoms with Crippen LogP contribution >= 0.6 is 11.6 Å². The molecular weight excluding hydrogens is 505 g/mol. The molecule has 12 heteroatoms. The van der Waals surface area contributed by atoms with Gasteiger partial charge in [0, 0.05) is 67.6 Å². The molecule has 198 valence electrons. The number of imide groups is 1. The van der Waals surface area contributed by atoms with Crippen LogP contribution in [0, 0.1) is 11.7 Å². The predicted octanol–water partition coefficient (Wildman–Crippen LogP) is 1.64. The standard InChI is InChI=1S/C25H29ClFN5O5/c26-17-7-13(21(27)20-16(17)11-32(24(20)35)18-3-4-19(33)30-23(18)34)10-29-25(36)37-15-8-14(9-15)31-6-5-28-22(31)12-1-2-12/h7,12,14-15,18,22,28H,1-6,8-11H2,(H,29,36)(H,30,33,34). The highest BCUT2D eigenvalue weighted by Gasteiger charge is 2.46. The fourth-order valence-corrected chi connectivity index (χ4v) is 6.25. The molecule has 1 aromatic rings. The van der Waals surface area contributed by atoms with Gasteiger partial charge in [-0.05, 0) is 31.2 Å². The lowest BCUT2D eigenvalue weighted by molar-refractivity contribution is -0.136. The number of piperidine rings is 1. The number of nitrogens with one attached hydrogen (secondary N) is 3. The third-order valence-corrected chi connectivity index (χ3v) is 8.50. The Hall–Kier alpha value is -2.76. The van der Waals surface area contributed by atoms with E-state index in [4.69, 9.17) is 16.3 Å². The third kappa shape index (κ3) is 4.57. The number of alkyl carbamates (subject to hydrolysis) is 1. The number of halogens is 2. The summed E-state index contributed by atoms with van der Waals surface area (Å²) in [6.07, 6.45) is 3.99. The van der Waals surface area contributed by atoms with E-state index in [-0.39, 0.29) is 48.2 Å². The molecule has 2 unspecified atom stereocenters. The number of carbonyl (C=O) groups is 4. The van der Waals surface area contributed by atoms with Gasteiger partial charge in [0.2, 0.25) is 11.8 Å². The van der Waals surface area contributed by atoms with Gasteiger partial charge < -0.3 is 20.3 Å². The van der Waals surface area contributed by atoms with Crippen molar-refractivity contribution < 1.29 is 28.3 Å². The quantitative estimate of drug-likeness (QED) is 0.475. The second-order valence-electron chi connectivity index (χ2n) is 10.6. The average Bonchev–Trinajstić information content (AvgIpc) is 3.46. The summed E-state index contributed by atoms with van der Waals surface area (Å²) in [6.45, 7) is 1.79. The van der Waals surface area contributed by atoms with Gasteiger partial charge in [0.15, 0.2) is 0 Å². The second-order valence-corrected chi connectivity index (χ2v) is 11.0. The summed E-state index contributed by atoms with van der Waals surface area (Å²) in [6, 6.07) is 0.922. The van der Waals surface area contributed by atoms with Gasteiger partial charge >= 0.3 is 6.09 Å².